The average Bonchev–Trinajstić information content (AvgIpc) is 3.00. The van der Waals surface area contributed by atoms with E-state index in [-0.39, 0.29) is 6.79 Å². The van der Waals surface area contributed by atoms with Gasteiger partial charge in [0.25, 0.3) is 0 Å². The van der Waals surface area contributed by atoms with Gasteiger partial charge in [0.1, 0.15) is 5.67 Å². The highest BCUT2D eigenvalue weighted by Gasteiger charge is 2.54. The molecule has 19 heavy (non-hydrogen) atoms. The number of fused-ring (bicyclic) bond motifs is 1. The maximum atomic E-state index is 14.4. The molecule has 5 heteroatoms. The smallest absolute Gasteiger partial charge is 0.314 e. The number of carboxylic acids is 1. The first-order chi connectivity index (χ1) is 8.84. The molecule has 1 fully saturated rings. The minimum atomic E-state index is -1.62. The van der Waals surface area contributed by atoms with E-state index < -0.39 is 17.1 Å². The predicted molar refractivity (Wildman–Crippen MR) is 65.2 cm³/mol. The number of carboxylic acid groups (broad SMARTS) is 1. The van der Waals surface area contributed by atoms with Crippen LogP contribution >= 0.6 is 0 Å². The van der Waals surface area contributed by atoms with Gasteiger partial charge < -0.3 is 14.6 Å². The molecular weight excluding hydrogens is 251 g/mol. The molecule has 0 radical (unpaired) electrons. The Labute approximate surface area is 110 Å². The highest BCUT2D eigenvalue weighted by atomic mass is 19.1. The molecule has 0 saturated heterocycles. The molecule has 4 nitrogen and oxygen atoms in total. The van der Waals surface area contributed by atoms with E-state index in [9.17, 15) is 14.3 Å². The Morgan fingerprint density at radius 1 is 1.32 bits per heavy atom. The molecule has 1 aromatic carbocycles. The normalized spacial score (nSPS) is 19.3. The van der Waals surface area contributed by atoms with Crippen molar-refractivity contribution in [3.63, 3.8) is 0 Å². The van der Waals surface area contributed by atoms with Gasteiger partial charge in [-0.2, -0.15) is 0 Å². The molecule has 1 saturated carbocycles. The third kappa shape index (κ3) is 1.76. The lowest BCUT2D eigenvalue weighted by Crippen LogP contribution is -2.25. The maximum absolute atomic E-state index is 14.4. The van der Waals surface area contributed by atoms with Crippen molar-refractivity contribution < 1.29 is 23.8 Å². The molecular formula is C14H15FO4. The Balaban J connectivity index is 2.20. The Morgan fingerprint density at radius 2 is 1.89 bits per heavy atom. The largest absolute Gasteiger partial charge is 0.481 e. The van der Waals surface area contributed by atoms with Crippen molar-refractivity contribution in [2.45, 2.75) is 37.8 Å². The Kier molecular flexibility index (Phi) is 2.34. The zero-order valence-corrected chi connectivity index (χ0v) is 10.8. The zero-order valence-electron chi connectivity index (χ0n) is 10.8. The number of halogens is 1. The minimum Gasteiger partial charge on any atom is -0.481 e. The lowest BCUT2D eigenvalue weighted by atomic mass is 9.85. The van der Waals surface area contributed by atoms with Crippen LogP contribution in [0.5, 0.6) is 11.5 Å². The number of alkyl halides is 1. The van der Waals surface area contributed by atoms with E-state index in [2.05, 4.69) is 0 Å². The lowest BCUT2D eigenvalue weighted by molar-refractivity contribution is -0.140. The van der Waals surface area contributed by atoms with Gasteiger partial charge in [0, 0.05) is 0 Å². The first-order valence-corrected chi connectivity index (χ1v) is 6.21. The number of hydrogen-bond acceptors (Lipinski definition) is 3. The van der Waals surface area contributed by atoms with Gasteiger partial charge >= 0.3 is 5.97 Å². The van der Waals surface area contributed by atoms with Crippen LogP contribution in [-0.2, 0) is 15.9 Å². The second-order valence-electron chi connectivity index (χ2n) is 5.61. The van der Waals surface area contributed by atoms with Crippen molar-refractivity contribution in [3.8, 4) is 11.5 Å². The highest BCUT2D eigenvalue weighted by Crippen LogP contribution is 2.54. The second-order valence-corrected chi connectivity index (χ2v) is 5.61. The van der Waals surface area contributed by atoms with Crippen molar-refractivity contribution >= 4 is 5.97 Å². The van der Waals surface area contributed by atoms with Crippen molar-refractivity contribution in [1.82, 2.24) is 0 Å². The zero-order chi connectivity index (χ0) is 13.8. The summed E-state index contributed by atoms with van der Waals surface area (Å²) in [4.78, 5) is 11.5. The van der Waals surface area contributed by atoms with Crippen LogP contribution in [-0.4, -0.2) is 17.9 Å². The van der Waals surface area contributed by atoms with Crippen LogP contribution in [0.3, 0.4) is 0 Å². The summed E-state index contributed by atoms with van der Waals surface area (Å²) in [6.45, 7) is 2.93. The number of aliphatic carboxylic acids is 1. The van der Waals surface area contributed by atoms with Crippen LogP contribution in [0.25, 0.3) is 0 Å². The van der Waals surface area contributed by atoms with E-state index in [0.717, 1.165) is 0 Å². The van der Waals surface area contributed by atoms with Gasteiger partial charge in [0.15, 0.2) is 11.5 Å². The summed E-state index contributed by atoms with van der Waals surface area (Å²) in [5.41, 5.74) is -1.70. The summed E-state index contributed by atoms with van der Waals surface area (Å²) in [6.07, 6.45) is 1.07. The molecule has 1 N–H and O–H groups in total. The van der Waals surface area contributed by atoms with Crippen molar-refractivity contribution in [3.05, 3.63) is 23.3 Å². The van der Waals surface area contributed by atoms with Gasteiger partial charge in [0.05, 0.1) is 5.41 Å². The van der Waals surface area contributed by atoms with Gasteiger partial charge in [-0.3, -0.25) is 4.79 Å². The van der Waals surface area contributed by atoms with Crippen LogP contribution in [0.1, 0.15) is 37.8 Å². The van der Waals surface area contributed by atoms with Crippen molar-refractivity contribution in [2.24, 2.45) is 0 Å². The van der Waals surface area contributed by atoms with Crippen LogP contribution < -0.4 is 9.47 Å². The van der Waals surface area contributed by atoms with Gasteiger partial charge in [0.2, 0.25) is 6.79 Å². The van der Waals surface area contributed by atoms with Gasteiger partial charge in [-0.05, 0) is 49.9 Å². The first kappa shape index (κ1) is 12.3. The van der Waals surface area contributed by atoms with Crippen LogP contribution in [0.15, 0.2) is 12.1 Å². The Morgan fingerprint density at radius 3 is 2.37 bits per heavy atom. The van der Waals surface area contributed by atoms with Crippen molar-refractivity contribution in [1.29, 1.82) is 0 Å². The van der Waals surface area contributed by atoms with E-state index >= 15 is 0 Å². The molecule has 0 aromatic heterocycles. The number of ether oxygens (including phenoxy) is 2. The van der Waals surface area contributed by atoms with E-state index in [1.807, 2.05) is 0 Å². The van der Waals surface area contributed by atoms with E-state index in [4.69, 9.17) is 9.47 Å². The molecule has 0 atom stereocenters. The van der Waals surface area contributed by atoms with Crippen molar-refractivity contribution in [2.75, 3.05) is 6.79 Å². The van der Waals surface area contributed by atoms with E-state index in [1.165, 1.54) is 13.8 Å². The molecule has 1 aromatic rings. The molecule has 3 rings (SSSR count). The second kappa shape index (κ2) is 3.62. The maximum Gasteiger partial charge on any atom is 0.314 e. The summed E-state index contributed by atoms with van der Waals surface area (Å²) in [5, 5.41) is 9.40. The quantitative estimate of drug-likeness (QED) is 0.914. The monoisotopic (exact) mass is 266 g/mol. The third-order valence-electron chi connectivity index (χ3n) is 3.83. The van der Waals surface area contributed by atoms with Crippen LogP contribution in [0.4, 0.5) is 4.39 Å². The number of hydrogen-bond donors (Lipinski definition) is 1. The van der Waals surface area contributed by atoms with Crippen LogP contribution in [0, 0.1) is 0 Å². The molecule has 0 amide bonds. The first-order valence-electron chi connectivity index (χ1n) is 6.21. The Bertz CT molecular complexity index is 555. The molecule has 0 bridgehead atoms. The van der Waals surface area contributed by atoms with Gasteiger partial charge in [-0.25, -0.2) is 4.39 Å². The fourth-order valence-corrected chi connectivity index (χ4v) is 2.55. The van der Waals surface area contributed by atoms with E-state index in [0.29, 0.717) is 35.5 Å². The van der Waals surface area contributed by atoms with Gasteiger partial charge in [-0.1, -0.05) is 0 Å². The predicted octanol–water partition coefficient (Wildman–Crippen LogP) is 2.74. The standard InChI is InChI=1S/C14H15FO4/c1-13(2,15)8-5-10-11(19-7-18-10)6-9(8)14(3-4-14)12(16)17/h5-6H,3-4,7H2,1-2H3,(H,16,17). The molecule has 102 valence electrons. The summed E-state index contributed by atoms with van der Waals surface area (Å²) < 4.78 is 24.9. The Hall–Kier alpha value is -1.78. The van der Waals surface area contributed by atoms with Crippen LogP contribution in [0.2, 0.25) is 0 Å². The topological polar surface area (TPSA) is 55.8 Å². The molecule has 1 aliphatic carbocycles. The fraction of sp³-hybridized carbons (Fsp3) is 0.500. The van der Waals surface area contributed by atoms with Gasteiger partial charge in [-0.15, -0.1) is 0 Å². The summed E-state index contributed by atoms with van der Waals surface area (Å²) in [5.74, 6) is 0.0676. The molecule has 1 heterocycles. The SMILES string of the molecule is CC(C)(F)c1cc2c(cc1C1(C(=O)O)CC1)OCO2. The molecule has 0 spiro atoms. The summed E-state index contributed by atoms with van der Waals surface area (Å²) in [7, 11) is 0. The number of benzene rings is 1. The highest BCUT2D eigenvalue weighted by molar-refractivity contribution is 5.86. The lowest BCUT2D eigenvalue weighted by Gasteiger charge is -2.23. The average molecular weight is 266 g/mol. The fourth-order valence-electron chi connectivity index (χ4n) is 2.55. The summed E-state index contributed by atoms with van der Waals surface area (Å²) >= 11 is 0. The summed E-state index contributed by atoms with van der Waals surface area (Å²) in [6, 6.07) is 3.20. The van der Waals surface area contributed by atoms with E-state index in [1.54, 1.807) is 12.1 Å². The molecule has 0 unspecified atom stereocenters. The number of rotatable bonds is 3. The molecule has 2 aliphatic rings. The molecule has 1 aliphatic heterocycles. The third-order valence-corrected chi connectivity index (χ3v) is 3.83. The number of carbonyl (C=O) groups is 1. The minimum absolute atomic E-state index is 0.0883.